The van der Waals surface area contributed by atoms with Crippen molar-refractivity contribution in [3.63, 3.8) is 0 Å². The van der Waals surface area contributed by atoms with Crippen LogP contribution < -0.4 is 5.32 Å². The summed E-state index contributed by atoms with van der Waals surface area (Å²) in [6, 6.07) is 7.94. The summed E-state index contributed by atoms with van der Waals surface area (Å²) in [5.41, 5.74) is 3.74. The van der Waals surface area contributed by atoms with Crippen LogP contribution in [0.15, 0.2) is 30.5 Å². The molecule has 0 aliphatic rings. The fourth-order valence-electron chi connectivity index (χ4n) is 2.29. The maximum absolute atomic E-state index is 6.24. The average molecular weight is 306 g/mol. The van der Waals surface area contributed by atoms with E-state index in [0.717, 1.165) is 30.1 Å². The first-order chi connectivity index (χ1) is 9.90. The van der Waals surface area contributed by atoms with Crippen molar-refractivity contribution in [2.75, 3.05) is 0 Å². The Morgan fingerprint density at radius 1 is 1.19 bits per heavy atom. The second-order valence-electron chi connectivity index (χ2n) is 6.32. The molecule has 0 saturated carbocycles. The van der Waals surface area contributed by atoms with E-state index in [9.17, 15) is 0 Å². The van der Waals surface area contributed by atoms with Crippen LogP contribution in [0.3, 0.4) is 0 Å². The van der Waals surface area contributed by atoms with Crippen molar-refractivity contribution in [2.24, 2.45) is 0 Å². The van der Waals surface area contributed by atoms with E-state index in [0.29, 0.717) is 0 Å². The average Bonchev–Trinajstić information content (AvgIpc) is 2.80. The third-order valence-electron chi connectivity index (χ3n) is 3.46. The first-order valence-corrected chi connectivity index (χ1v) is 7.80. The maximum atomic E-state index is 6.24. The van der Waals surface area contributed by atoms with Gasteiger partial charge in [-0.15, -0.1) is 0 Å². The van der Waals surface area contributed by atoms with E-state index in [-0.39, 0.29) is 5.54 Å². The Morgan fingerprint density at radius 2 is 1.90 bits per heavy atom. The summed E-state index contributed by atoms with van der Waals surface area (Å²) in [5, 5.41) is 8.86. The van der Waals surface area contributed by atoms with Gasteiger partial charge in [-0.25, -0.2) is 0 Å². The summed E-state index contributed by atoms with van der Waals surface area (Å²) in [7, 11) is 0. The SMILES string of the molecule is CCc1c(CNC(C)(C)C)cnn1Cc1ccccc1Cl. The van der Waals surface area contributed by atoms with Crippen molar-refractivity contribution in [3.8, 4) is 0 Å². The summed E-state index contributed by atoms with van der Waals surface area (Å²) in [5.74, 6) is 0. The first kappa shape index (κ1) is 16.1. The quantitative estimate of drug-likeness (QED) is 0.903. The predicted octanol–water partition coefficient (Wildman–Crippen LogP) is 4.04. The van der Waals surface area contributed by atoms with Gasteiger partial charge in [0.25, 0.3) is 0 Å². The van der Waals surface area contributed by atoms with Crippen molar-refractivity contribution < 1.29 is 0 Å². The second kappa shape index (κ2) is 6.63. The van der Waals surface area contributed by atoms with Crippen LogP contribution in [0.25, 0.3) is 0 Å². The third kappa shape index (κ3) is 4.32. The van der Waals surface area contributed by atoms with Gasteiger partial charge in [0.05, 0.1) is 12.7 Å². The zero-order chi connectivity index (χ0) is 15.5. The van der Waals surface area contributed by atoms with Gasteiger partial charge < -0.3 is 5.32 Å². The molecule has 3 nitrogen and oxygen atoms in total. The number of nitrogens with one attached hydrogen (secondary N) is 1. The Balaban J connectivity index is 2.18. The molecule has 0 radical (unpaired) electrons. The lowest BCUT2D eigenvalue weighted by atomic mass is 10.1. The van der Waals surface area contributed by atoms with Crippen molar-refractivity contribution in [1.29, 1.82) is 0 Å². The number of aromatic nitrogens is 2. The molecular weight excluding hydrogens is 282 g/mol. The van der Waals surface area contributed by atoms with E-state index in [4.69, 9.17) is 11.6 Å². The lowest BCUT2D eigenvalue weighted by Gasteiger charge is -2.20. The number of hydrogen-bond acceptors (Lipinski definition) is 2. The van der Waals surface area contributed by atoms with Gasteiger partial charge in [-0.05, 0) is 38.8 Å². The molecular formula is C17H24ClN3. The van der Waals surface area contributed by atoms with Crippen LogP contribution in [-0.2, 0) is 19.5 Å². The van der Waals surface area contributed by atoms with Gasteiger partial charge in [0.1, 0.15) is 0 Å². The molecule has 2 rings (SSSR count). The van der Waals surface area contributed by atoms with E-state index in [1.807, 2.05) is 24.4 Å². The molecule has 0 atom stereocenters. The van der Waals surface area contributed by atoms with E-state index in [1.165, 1.54) is 11.3 Å². The molecule has 0 saturated heterocycles. The summed E-state index contributed by atoms with van der Waals surface area (Å²) < 4.78 is 2.06. The molecule has 0 amide bonds. The smallest absolute Gasteiger partial charge is 0.0677 e. The molecule has 1 aromatic heterocycles. The molecule has 1 aromatic carbocycles. The van der Waals surface area contributed by atoms with Crippen LogP contribution in [0.4, 0.5) is 0 Å². The Morgan fingerprint density at radius 3 is 2.52 bits per heavy atom. The minimum absolute atomic E-state index is 0.107. The molecule has 0 spiro atoms. The minimum Gasteiger partial charge on any atom is -0.308 e. The Bertz CT molecular complexity index is 596. The van der Waals surface area contributed by atoms with E-state index >= 15 is 0 Å². The molecule has 2 aromatic rings. The highest BCUT2D eigenvalue weighted by atomic mass is 35.5. The standard InChI is InChI=1S/C17H24ClN3/c1-5-16-14(10-19-17(2,3)4)11-20-21(16)12-13-8-6-7-9-15(13)18/h6-9,11,19H,5,10,12H2,1-4H3. The normalized spacial score (nSPS) is 11.9. The molecule has 114 valence electrons. The lowest BCUT2D eigenvalue weighted by Crippen LogP contribution is -2.35. The fourth-order valence-corrected chi connectivity index (χ4v) is 2.49. The second-order valence-corrected chi connectivity index (χ2v) is 6.73. The van der Waals surface area contributed by atoms with Crippen molar-refractivity contribution in [3.05, 3.63) is 52.3 Å². The summed E-state index contributed by atoms with van der Waals surface area (Å²) >= 11 is 6.24. The zero-order valence-corrected chi connectivity index (χ0v) is 14.0. The Hall–Kier alpha value is -1.32. The molecule has 0 aliphatic heterocycles. The Labute approximate surface area is 132 Å². The van der Waals surface area contributed by atoms with Gasteiger partial charge in [-0.3, -0.25) is 4.68 Å². The number of nitrogens with zero attached hydrogens (tertiary/aromatic N) is 2. The van der Waals surface area contributed by atoms with Crippen LogP contribution in [0.1, 0.15) is 44.5 Å². The summed E-state index contributed by atoms with van der Waals surface area (Å²) in [6.45, 7) is 10.3. The maximum Gasteiger partial charge on any atom is 0.0677 e. The van der Waals surface area contributed by atoms with Crippen LogP contribution in [0.5, 0.6) is 0 Å². The van der Waals surface area contributed by atoms with Gasteiger partial charge in [0, 0.05) is 28.4 Å². The third-order valence-corrected chi connectivity index (χ3v) is 3.83. The van der Waals surface area contributed by atoms with Crippen LogP contribution in [0.2, 0.25) is 5.02 Å². The van der Waals surface area contributed by atoms with E-state index in [1.54, 1.807) is 0 Å². The highest BCUT2D eigenvalue weighted by Crippen LogP contribution is 2.18. The van der Waals surface area contributed by atoms with Gasteiger partial charge in [0.15, 0.2) is 0 Å². The van der Waals surface area contributed by atoms with Crippen molar-refractivity contribution in [1.82, 2.24) is 15.1 Å². The highest BCUT2D eigenvalue weighted by molar-refractivity contribution is 6.31. The zero-order valence-electron chi connectivity index (χ0n) is 13.3. The molecule has 1 heterocycles. The molecule has 0 fully saturated rings. The summed E-state index contributed by atoms with van der Waals surface area (Å²) in [6.07, 6.45) is 2.93. The van der Waals surface area contributed by atoms with Gasteiger partial charge >= 0.3 is 0 Å². The van der Waals surface area contributed by atoms with Crippen LogP contribution >= 0.6 is 11.6 Å². The van der Waals surface area contributed by atoms with Gasteiger partial charge in [0.2, 0.25) is 0 Å². The highest BCUT2D eigenvalue weighted by Gasteiger charge is 2.14. The first-order valence-electron chi connectivity index (χ1n) is 7.42. The number of hydrogen-bond donors (Lipinski definition) is 1. The monoisotopic (exact) mass is 305 g/mol. The van der Waals surface area contributed by atoms with Crippen LogP contribution in [-0.4, -0.2) is 15.3 Å². The molecule has 0 aliphatic carbocycles. The number of benzene rings is 1. The minimum atomic E-state index is 0.107. The largest absolute Gasteiger partial charge is 0.308 e. The van der Waals surface area contributed by atoms with Gasteiger partial charge in [-0.2, -0.15) is 5.10 Å². The van der Waals surface area contributed by atoms with Crippen molar-refractivity contribution >= 4 is 11.6 Å². The predicted molar refractivity (Wildman–Crippen MR) is 88.8 cm³/mol. The molecule has 0 unspecified atom stereocenters. The molecule has 4 heteroatoms. The molecule has 1 N–H and O–H groups in total. The topological polar surface area (TPSA) is 29.9 Å². The number of rotatable bonds is 5. The van der Waals surface area contributed by atoms with Crippen LogP contribution in [0, 0.1) is 0 Å². The van der Waals surface area contributed by atoms with Crippen molar-refractivity contribution in [2.45, 2.75) is 52.7 Å². The Kier molecular flexibility index (Phi) is 5.07. The van der Waals surface area contributed by atoms with Gasteiger partial charge in [-0.1, -0.05) is 36.7 Å². The summed E-state index contributed by atoms with van der Waals surface area (Å²) in [4.78, 5) is 0. The molecule has 21 heavy (non-hydrogen) atoms. The number of halogens is 1. The van der Waals surface area contributed by atoms with E-state index in [2.05, 4.69) is 48.9 Å². The fraction of sp³-hybridized carbons (Fsp3) is 0.471. The lowest BCUT2D eigenvalue weighted by molar-refractivity contribution is 0.423. The van der Waals surface area contributed by atoms with E-state index < -0.39 is 0 Å². The molecule has 0 bridgehead atoms.